The Hall–Kier alpha value is -2.73. The van der Waals surface area contributed by atoms with E-state index in [-0.39, 0.29) is 22.4 Å². The van der Waals surface area contributed by atoms with Gasteiger partial charge in [-0.05, 0) is 42.0 Å². The van der Waals surface area contributed by atoms with Gasteiger partial charge in [-0.25, -0.2) is 5.43 Å². The number of carbonyl (C=O) groups excluding carboxylic acids is 1. The van der Waals surface area contributed by atoms with E-state index in [1.165, 1.54) is 19.4 Å². The Kier molecular flexibility index (Phi) is 5.43. The van der Waals surface area contributed by atoms with Crippen LogP contribution >= 0.6 is 11.6 Å². The molecule has 0 aliphatic carbocycles. The van der Waals surface area contributed by atoms with Gasteiger partial charge < -0.3 is 14.6 Å². The third-order valence-corrected chi connectivity index (χ3v) is 3.29. The molecule has 0 spiro atoms. The molecule has 0 fully saturated rings. The van der Waals surface area contributed by atoms with E-state index in [0.717, 1.165) is 0 Å². The number of benzene rings is 2. The Morgan fingerprint density at radius 2 is 1.91 bits per heavy atom. The summed E-state index contributed by atoms with van der Waals surface area (Å²) in [7, 11) is 2.97. The highest BCUT2D eigenvalue weighted by atomic mass is 35.5. The van der Waals surface area contributed by atoms with E-state index in [0.29, 0.717) is 16.9 Å². The highest BCUT2D eigenvalue weighted by Crippen LogP contribution is 2.34. The van der Waals surface area contributed by atoms with Gasteiger partial charge in [-0.3, -0.25) is 4.79 Å². The predicted molar refractivity (Wildman–Crippen MR) is 87.7 cm³/mol. The standard InChI is InChI=1S/C16H15ClN2O4/c1-22-12-5-3-11(4-6-12)16(21)19-18-9-10-7-13(17)15(20)14(8-10)23-2/h3-9,20H,1-2H3,(H,19,21)/b18-9-. The van der Waals surface area contributed by atoms with Crippen LogP contribution in [-0.4, -0.2) is 31.4 Å². The summed E-state index contributed by atoms with van der Waals surface area (Å²) >= 11 is 5.87. The largest absolute Gasteiger partial charge is 0.503 e. The minimum atomic E-state index is -0.360. The number of carbonyl (C=O) groups is 1. The fourth-order valence-electron chi connectivity index (χ4n) is 1.80. The molecule has 0 saturated heterocycles. The maximum absolute atomic E-state index is 11.9. The van der Waals surface area contributed by atoms with E-state index in [2.05, 4.69) is 10.5 Å². The van der Waals surface area contributed by atoms with Crippen LogP contribution in [0.25, 0.3) is 0 Å². The number of nitrogens with one attached hydrogen (secondary N) is 1. The first-order valence-electron chi connectivity index (χ1n) is 6.59. The van der Waals surface area contributed by atoms with E-state index in [1.54, 1.807) is 37.4 Å². The monoisotopic (exact) mass is 334 g/mol. The van der Waals surface area contributed by atoms with E-state index in [1.807, 2.05) is 0 Å². The topological polar surface area (TPSA) is 80.2 Å². The highest BCUT2D eigenvalue weighted by molar-refractivity contribution is 6.32. The summed E-state index contributed by atoms with van der Waals surface area (Å²) < 4.78 is 10.0. The molecule has 0 bridgehead atoms. The molecule has 0 aromatic heterocycles. The van der Waals surface area contributed by atoms with Gasteiger partial charge in [0.2, 0.25) is 0 Å². The molecule has 7 heteroatoms. The number of nitrogens with zero attached hydrogens (tertiary/aromatic N) is 1. The molecule has 120 valence electrons. The third-order valence-electron chi connectivity index (χ3n) is 3.00. The molecule has 1 amide bonds. The van der Waals surface area contributed by atoms with Gasteiger partial charge in [0.15, 0.2) is 11.5 Å². The lowest BCUT2D eigenvalue weighted by molar-refractivity contribution is 0.0955. The Balaban J connectivity index is 2.06. The molecule has 6 nitrogen and oxygen atoms in total. The van der Waals surface area contributed by atoms with Crippen LogP contribution in [0.15, 0.2) is 41.5 Å². The van der Waals surface area contributed by atoms with Crippen molar-refractivity contribution in [1.82, 2.24) is 5.43 Å². The Morgan fingerprint density at radius 3 is 2.52 bits per heavy atom. The number of phenolic OH excluding ortho intramolecular Hbond substituents is 1. The van der Waals surface area contributed by atoms with Gasteiger partial charge in [0.05, 0.1) is 25.5 Å². The molecule has 0 saturated carbocycles. The maximum atomic E-state index is 11.9. The fourth-order valence-corrected chi connectivity index (χ4v) is 2.02. The van der Waals surface area contributed by atoms with Crippen LogP contribution in [0.4, 0.5) is 0 Å². The minimum Gasteiger partial charge on any atom is -0.503 e. The van der Waals surface area contributed by atoms with E-state index in [9.17, 15) is 9.90 Å². The lowest BCUT2D eigenvalue weighted by Crippen LogP contribution is -2.17. The number of amides is 1. The van der Waals surface area contributed by atoms with Crippen molar-refractivity contribution in [3.63, 3.8) is 0 Å². The van der Waals surface area contributed by atoms with Crippen molar-refractivity contribution in [2.24, 2.45) is 5.10 Å². The number of halogens is 1. The van der Waals surface area contributed by atoms with Crippen molar-refractivity contribution in [3.8, 4) is 17.2 Å². The number of methoxy groups -OCH3 is 2. The summed E-state index contributed by atoms with van der Waals surface area (Å²) in [4.78, 5) is 11.9. The smallest absolute Gasteiger partial charge is 0.271 e. The number of phenols is 1. The maximum Gasteiger partial charge on any atom is 0.271 e. The second-order valence-corrected chi connectivity index (χ2v) is 4.89. The highest BCUT2D eigenvalue weighted by Gasteiger charge is 2.08. The molecular formula is C16H15ClN2O4. The van der Waals surface area contributed by atoms with Gasteiger partial charge in [0.25, 0.3) is 5.91 Å². The SMILES string of the molecule is COc1ccc(C(=O)N/N=C\c2cc(Cl)c(O)c(OC)c2)cc1. The minimum absolute atomic E-state index is 0.132. The quantitative estimate of drug-likeness (QED) is 0.651. The lowest BCUT2D eigenvalue weighted by Gasteiger charge is -2.06. The van der Waals surface area contributed by atoms with Crippen molar-refractivity contribution >= 4 is 23.7 Å². The zero-order valence-corrected chi connectivity index (χ0v) is 13.3. The van der Waals surface area contributed by atoms with Crippen molar-refractivity contribution in [1.29, 1.82) is 0 Å². The first-order valence-corrected chi connectivity index (χ1v) is 6.97. The fraction of sp³-hybridized carbons (Fsp3) is 0.125. The molecule has 0 heterocycles. The zero-order valence-electron chi connectivity index (χ0n) is 12.5. The van der Waals surface area contributed by atoms with Gasteiger partial charge >= 0.3 is 0 Å². The Morgan fingerprint density at radius 1 is 1.22 bits per heavy atom. The van der Waals surface area contributed by atoms with E-state index >= 15 is 0 Å². The second-order valence-electron chi connectivity index (χ2n) is 4.48. The van der Waals surface area contributed by atoms with E-state index < -0.39 is 0 Å². The van der Waals surface area contributed by atoms with Crippen LogP contribution in [0.1, 0.15) is 15.9 Å². The molecule has 0 radical (unpaired) electrons. The Bertz CT molecular complexity index is 730. The van der Waals surface area contributed by atoms with Crippen LogP contribution < -0.4 is 14.9 Å². The van der Waals surface area contributed by atoms with Crippen molar-refractivity contribution in [2.45, 2.75) is 0 Å². The van der Waals surface area contributed by atoms with Gasteiger partial charge in [-0.15, -0.1) is 0 Å². The number of rotatable bonds is 5. The number of ether oxygens (including phenoxy) is 2. The number of hydrogen-bond donors (Lipinski definition) is 2. The summed E-state index contributed by atoms with van der Waals surface area (Å²) in [6, 6.07) is 9.67. The van der Waals surface area contributed by atoms with Crippen molar-refractivity contribution in [2.75, 3.05) is 14.2 Å². The van der Waals surface area contributed by atoms with Gasteiger partial charge in [-0.1, -0.05) is 11.6 Å². The molecule has 0 aliphatic heterocycles. The van der Waals surface area contributed by atoms with Crippen molar-refractivity contribution in [3.05, 3.63) is 52.5 Å². The van der Waals surface area contributed by atoms with Crippen molar-refractivity contribution < 1.29 is 19.4 Å². The van der Waals surface area contributed by atoms with Gasteiger partial charge in [-0.2, -0.15) is 5.10 Å². The van der Waals surface area contributed by atoms with Crippen LogP contribution in [0.3, 0.4) is 0 Å². The molecule has 23 heavy (non-hydrogen) atoms. The molecule has 2 N–H and O–H groups in total. The molecule has 2 rings (SSSR count). The summed E-state index contributed by atoms with van der Waals surface area (Å²) in [6.07, 6.45) is 1.40. The summed E-state index contributed by atoms with van der Waals surface area (Å²) in [5.41, 5.74) is 3.42. The van der Waals surface area contributed by atoms with Crippen LogP contribution in [0.2, 0.25) is 5.02 Å². The molecule has 2 aromatic rings. The van der Waals surface area contributed by atoms with Crippen LogP contribution in [0.5, 0.6) is 17.2 Å². The molecule has 2 aromatic carbocycles. The molecule has 0 aliphatic rings. The first-order chi connectivity index (χ1) is 11.0. The number of hydrogen-bond acceptors (Lipinski definition) is 5. The first kappa shape index (κ1) is 16.6. The van der Waals surface area contributed by atoms with Gasteiger partial charge in [0.1, 0.15) is 5.75 Å². The lowest BCUT2D eigenvalue weighted by atomic mass is 10.2. The Labute approximate surface area is 138 Å². The molecule has 0 unspecified atom stereocenters. The number of aromatic hydroxyl groups is 1. The van der Waals surface area contributed by atoms with Gasteiger partial charge in [0, 0.05) is 5.56 Å². The normalized spacial score (nSPS) is 10.6. The number of hydrazone groups is 1. The predicted octanol–water partition coefficient (Wildman–Crippen LogP) is 2.83. The zero-order chi connectivity index (χ0) is 16.8. The van der Waals surface area contributed by atoms with E-state index in [4.69, 9.17) is 21.1 Å². The average Bonchev–Trinajstić information content (AvgIpc) is 2.57. The molecular weight excluding hydrogens is 320 g/mol. The third kappa shape index (κ3) is 4.14. The average molecular weight is 335 g/mol. The molecule has 0 atom stereocenters. The second kappa shape index (κ2) is 7.51. The van der Waals surface area contributed by atoms with Crippen LogP contribution in [-0.2, 0) is 0 Å². The summed E-state index contributed by atoms with van der Waals surface area (Å²) in [6.45, 7) is 0. The summed E-state index contributed by atoms with van der Waals surface area (Å²) in [5, 5.41) is 13.6. The summed E-state index contributed by atoms with van der Waals surface area (Å²) in [5.74, 6) is 0.380. The van der Waals surface area contributed by atoms with Crippen LogP contribution in [0, 0.1) is 0 Å².